The fourth-order valence-electron chi connectivity index (χ4n) is 9.90. The van der Waals surface area contributed by atoms with Crippen LogP contribution in [-0.2, 0) is 5.41 Å². The Labute approximate surface area is 335 Å². The van der Waals surface area contributed by atoms with E-state index in [0.717, 1.165) is 102 Å². The number of nitrogens with zero attached hydrogens (tertiary/aromatic N) is 4. The monoisotopic (exact) mass is 758 g/mol. The molecule has 57 heavy (non-hydrogen) atoms. The lowest BCUT2D eigenvalue weighted by Crippen LogP contribution is -2.31. The van der Waals surface area contributed by atoms with Crippen LogP contribution in [0, 0.1) is 5.41 Å². The molecule has 0 saturated heterocycles. The summed E-state index contributed by atoms with van der Waals surface area (Å²) in [5.74, 6) is 3.79. The molecule has 4 heterocycles. The van der Waals surface area contributed by atoms with E-state index in [4.69, 9.17) is 19.4 Å². The van der Waals surface area contributed by atoms with Crippen molar-refractivity contribution in [3.8, 4) is 43.9 Å². The van der Waals surface area contributed by atoms with Crippen molar-refractivity contribution in [1.29, 1.82) is 0 Å². The van der Waals surface area contributed by atoms with Gasteiger partial charge in [0.1, 0.15) is 11.0 Å². The van der Waals surface area contributed by atoms with E-state index in [1.54, 1.807) is 11.3 Å². The second kappa shape index (κ2) is 11.8. The molecule has 276 valence electrons. The minimum absolute atomic E-state index is 0.000914. The summed E-state index contributed by atoms with van der Waals surface area (Å²) in [4.78, 5) is 18.1. The molecule has 4 aliphatic rings. The average Bonchev–Trinajstić information content (AvgIpc) is 3.79. The van der Waals surface area contributed by atoms with E-state index in [0.29, 0.717) is 5.92 Å². The lowest BCUT2D eigenvalue weighted by atomic mass is 9.70. The van der Waals surface area contributed by atoms with E-state index in [1.807, 2.05) is 48.5 Å². The highest BCUT2D eigenvalue weighted by molar-refractivity contribution is 7.20. The zero-order valence-corrected chi connectivity index (χ0v) is 32.7. The first-order valence-corrected chi connectivity index (χ1v) is 20.6. The lowest BCUT2D eigenvalue weighted by Gasteiger charge is -2.34. The van der Waals surface area contributed by atoms with Crippen LogP contribution in [0.15, 0.2) is 146 Å². The van der Waals surface area contributed by atoms with Gasteiger partial charge in [-0.05, 0) is 102 Å². The van der Waals surface area contributed by atoms with Gasteiger partial charge < -0.3 is 19.3 Å². The Hall–Kier alpha value is -6.44. The Morgan fingerprint density at radius 1 is 0.526 bits per heavy atom. The molecule has 6 aromatic carbocycles. The quantitative estimate of drug-likeness (QED) is 0.178. The van der Waals surface area contributed by atoms with Gasteiger partial charge in [0.2, 0.25) is 0 Å². The van der Waals surface area contributed by atoms with Crippen LogP contribution in [0.25, 0.3) is 31.9 Å². The zero-order valence-electron chi connectivity index (χ0n) is 31.9. The van der Waals surface area contributed by atoms with Crippen molar-refractivity contribution < 1.29 is 9.47 Å². The van der Waals surface area contributed by atoms with Crippen molar-refractivity contribution in [2.45, 2.75) is 44.9 Å². The smallest absolute Gasteiger partial charge is 0.151 e. The number of hydrogen-bond acceptors (Lipinski definition) is 7. The van der Waals surface area contributed by atoms with Gasteiger partial charge in [-0.1, -0.05) is 93.6 Å². The second-order valence-electron chi connectivity index (χ2n) is 16.4. The zero-order chi connectivity index (χ0) is 38.0. The van der Waals surface area contributed by atoms with Gasteiger partial charge in [0.25, 0.3) is 0 Å². The molecular formula is C50H38N4O2S. The first kappa shape index (κ1) is 32.8. The number of aromatic nitrogens is 2. The Balaban J connectivity index is 0.990. The van der Waals surface area contributed by atoms with Gasteiger partial charge in [-0.25, -0.2) is 9.97 Å². The highest BCUT2D eigenvalue weighted by atomic mass is 32.1. The first-order chi connectivity index (χ1) is 27.9. The minimum Gasteiger partial charge on any atom is -0.453 e. The van der Waals surface area contributed by atoms with Gasteiger partial charge in [0, 0.05) is 22.7 Å². The molecule has 7 heteroatoms. The molecule has 6 nitrogen and oxygen atoms in total. The molecule has 12 rings (SSSR count). The first-order valence-electron chi connectivity index (χ1n) is 19.8. The van der Waals surface area contributed by atoms with Crippen LogP contribution in [0.1, 0.15) is 50.9 Å². The summed E-state index contributed by atoms with van der Waals surface area (Å²) in [6.45, 7) is 7.26. The highest BCUT2D eigenvalue weighted by Crippen LogP contribution is 2.67. The van der Waals surface area contributed by atoms with Crippen LogP contribution >= 0.6 is 11.3 Å². The maximum Gasteiger partial charge on any atom is 0.151 e. The van der Waals surface area contributed by atoms with Crippen LogP contribution in [0.2, 0.25) is 0 Å². The molecule has 2 atom stereocenters. The molecule has 0 amide bonds. The Morgan fingerprint density at radius 3 is 1.37 bits per heavy atom. The Kier molecular flexibility index (Phi) is 6.78. The van der Waals surface area contributed by atoms with Crippen molar-refractivity contribution in [2.75, 3.05) is 9.80 Å². The molecule has 1 saturated carbocycles. The van der Waals surface area contributed by atoms with Crippen LogP contribution in [-0.4, -0.2) is 9.97 Å². The third-order valence-corrected chi connectivity index (χ3v) is 14.5. The van der Waals surface area contributed by atoms with E-state index in [-0.39, 0.29) is 10.8 Å². The summed E-state index contributed by atoms with van der Waals surface area (Å²) in [6, 6.07) is 50.8. The molecule has 1 fully saturated rings. The minimum atomic E-state index is 0.000914. The van der Waals surface area contributed by atoms with Gasteiger partial charge in [-0.15, -0.1) is 11.3 Å². The predicted molar refractivity (Wildman–Crippen MR) is 231 cm³/mol. The van der Waals surface area contributed by atoms with E-state index >= 15 is 0 Å². The number of para-hydroxylation sites is 8. The number of benzene rings is 6. The summed E-state index contributed by atoms with van der Waals surface area (Å²) in [5, 5.41) is 0. The third-order valence-electron chi connectivity index (χ3n) is 13.3. The maximum absolute atomic E-state index is 6.30. The SMILES string of the molecule is CC12CCC(c3nc4c(-c5ccc(N6c7ccccc7Oc7ccccc76)cc5)sc(-c5ccc(N6c7ccccc7Oc7ccccc76)cc5)c4nc31)C2(C)C. The number of rotatable bonds is 4. The fraction of sp³-hybridized carbons (Fsp3) is 0.160. The average molecular weight is 759 g/mol. The molecule has 0 N–H and O–H groups in total. The predicted octanol–water partition coefficient (Wildman–Crippen LogP) is 14.4. The van der Waals surface area contributed by atoms with Crippen LogP contribution in [0.3, 0.4) is 0 Å². The Morgan fingerprint density at radius 2 is 0.930 bits per heavy atom. The number of ether oxygens (including phenoxy) is 2. The molecular weight excluding hydrogens is 721 g/mol. The molecule has 0 spiro atoms. The topological polar surface area (TPSA) is 50.7 Å². The maximum atomic E-state index is 6.30. The van der Waals surface area contributed by atoms with Crippen molar-refractivity contribution in [3.63, 3.8) is 0 Å². The summed E-state index contributed by atoms with van der Waals surface area (Å²) in [6.07, 6.45) is 2.31. The van der Waals surface area contributed by atoms with Gasteiger partial charge in [-0.3, -0.25) is 0 Å². The van der Waals surface area contributed by atoms with E-state index in [1.165, 1.54) is 11.4 Å². The molecule has 2 unspecified atom stereocenters. The second-order valence-corrected chi connectivity index (χ2v) is 17.4. The number of fused-ring (bicyclic) bond motifs is 10. The van der Waals surface area contributed by atoms with Crippen molar-refractivity contribution >= 4 is 56.5 Å². The van der Waals surface area contributed by atoms with Gasteiger partial charge in [-0.2, -0.15) is 0 Å². The van der Waals surface area contributed by atoms with Crippen molar-refractivity contribution in [2.24, 2.45) is 5.41 Å². The summed E-state index contributed by atoms with van der Waals surface area (Å²) in [5.41, 5.74) is 13.0. The third kappa shape index (κ3) is 4.57. The van der Waals surface area contributed by atoms with Crippen LogP contribution in [0.5, 0.6) is 23.0 Å². The molecule has 2 bridgehead atoms. The molecule has 2 aliphatic carbocycles. The van der Waals surface area contributed by atoms with E-state index in [9.17, 15) is 0 Å². The van der Waals surface area contributed by atoms with Crippen molar-refractivity contribution in [3.05, 3.63) is 157 Å². The Bertz CT molecular complexity index is 2840. The normalized spacial score (nSPS) is 19.2. The largest absolute Gasteiger partial charge is 0.453 e. The van der Waals surface area contributed by atoms with Gasteiger partial charge >= 0.3 is 0 Å². The van der Waals surface area contributed by atoms with Gasteiger partial charge in [0.05, 0.1) is 43.9 Å². The number of thiophene rings is 1. The van der Waals surface area contributed by atoms with E-state index < -0.39 is 0 Å². The molecule has 2 aromatic heterocycles. The van der Waals surface area contributed by atoms with Crippen LogP contribution < -0.4 is 19.3 Å². The molecule has 2 aliphatic heterocycles. The van der Waals surface area contributed by atoms with E-state index in [2.05, 4.69) is 128 Å². The lowest BCUT2D eigenvalue weighted by molar-refractivity contribution is 0.227. The molecule has 0 radical (unpaired) electrons. The number of anilines is 6. The fourth-order valence-corrected chi connectivity index (χ4v) is 11.1. The standard InChI is InChI=1S/C50H38N4O2S/c1-49(2)34-28-29-50(49,3)48-43(34)51-44-45(52-48)47(31-22-26-33(27-23-31)54-37-14-6-10-18-41(37)56-42-19-11-7-15-38(42)54)57-46(44)30-20-24-32(25-21-30)53-35-12-4-8-16-39(35)55-40-17-9-5-13-36(40)53/h4-27,34H,28-29H2,1-3H3. The van der Waals surface area contributed by atoms with Crippen LogP contribution in [0.4, 0.5) is 34.1 Å². The summed E-state index contributed by atoms with van der Waals surface area (Å²) >= 11 is 1.80. The molecule has 8 aromatic rings. The van der Waals surface area contributed by atoms with Crippen molar-refractivity contribution in [1.82, 2.24) is 9.97 Å². The highest BCUT2D eigenvalue weighted by Gasteiger charge is 2.61. The summed E-state index contributed by atoms with van der Waals surface area (Å²) in [7, 11) is 0. The van der Waals surface area contributed by atoms with Gasteiger partial charge in [0.15, 0.2) is 23.0 Å². The summed E-state index contributed by atoms with van der Waals surface area (Å²) < 4.78 is 12.6. The number of hydrogen-bond donors (Lipinski definition) is 0.